The van der Waals surface area contributed by atoms with Crippen molar-refractivity contribution in [1.29, 1.82) is 5.26 Å². The Morgan fingerprint density at radius 1 is 1.00 bits per heavy atom. The highest BCUT2D eigenvalue weighted by atomic mass is 14.9. The first-order chi connectivity index (χ1) is 9.38. The fraction of sp³-hybridized carbons (Fsp3) is 0.235. The highest BCUT2D eigenvalue weighted by molar-refractivity contribution is 5.46. The Balaban J connectivity index is 1.68. The maximum atomic E-state index is 9.35. The highest BCUT2D eigenvalue weighted by Gasteiger charge is 2.44. The second kappa shape index (κ2) is 5.16. The Bertz CT molecular complexity index is 571. The Hall–Kier alpha value is -2.27. The van der Waals surface area contributed by atoms with E-state index in [1.807, 2.05) is 36.4 Å². The smallest absolute Gasteiger partial charge is 0.117 e. The third-order valence-electron chi connectivity index (χ3n) is 3.73. The van der Waals surface area contributed by atoms with E-state index in [1.54, 1.807) is 0 Å². The molecule has 0 radical (unpaired) electrons. The maximum absolute atomic E-state index is 9.35. The maximum Gasteiger partial charge on any atom is 0.117 e. The second-order valence-corrected chi connectivity index (χ2v) is 5.03. The first-order valence-electron chi connectivity index (χ1n) is 6.64. The van der Waals surface area contributed by atoms with E-state index in [0.29, 0.717) is 11.8 Å². The fourth-order valence-electron chi connectivity index (χ4n) is 2.62. The lowest BCUT2D eigenvalue weighted by molar-refractivity contribution is 0.739. The molecule has 0 aliphatic heterocycles. The molecule has 2 aromatic carbocycles. The van der Waals surface area contributed by atoms with E-state index in [4.69, 9.17) is 0 Å². The van der Waals surface area contributed by atoms with Crippen LogP contribution in [0.4, 0.5) is 5.69 Å². The molecule has 94 valence electrons. The van der Waals surface area contributed by atoms with E-state index in [-0.39, 0.29) is 6.04 Å². The van der Waals surface area contributed by atoms with Gasteiger partial charge in [-0.3, -0.25) is 0 Å². The molecule has 0 aromatic heterocycles. The van der Waals surface area contributed by atoms with Crippen LogP contribution >= 0.6 is 0 Å². The van der Waals surface area contributed by atoms with E-state index >= 15 is 0 Å². The summed E-state index contributed by atoms with van der Waals surface area (Å²) in [5, 5.41) is 12.7. The molecule has 1 aliphatic rings. The molecule has 0 heterocycles. The van der Waals surface area contributed by atoms with Gasteiger partial charge in [0.2, 0.25) is 0 Å². The molecule has 0 unspecified atom stereocenters. The predicted octanol–water partition coefficient (Wildman–Crippen LogP) is 3.79. The van der Waals surface area contributed by atoms with Gasteiger partial charge in [-0.25, -0.2) is 0 Å². The summed E-state index contributed by atoms with van der Waals surface area (Å²) < 4.78 is 0. The zero-order valence-corrected chi connectivity index (χ0v) is 10.7. The lowest BCUT2D eigenvalue weighted by Gasteiger charge is -2.12. The average Bonchev–Trinajstić information content (AvgIpc) is 3.27. The normalized spacial score (nSPS) is 22.3. The molecule has 0 bridgehead atoms. The number of rotatable bonds is 4. The van der Waals surface area contributed by atoms with Gasteiger partial charge in [0.25, 0.3) is 0 Å². The first kappa shape index (κ1) is 11.8. The quantitative estimate of drug-likeness (QED) is 0.893. The van der Waals surface area contributed by atoms with Crippen molar-refractivity contribution >= 4 is 5.69 Å². The first-order valence-corrected chi connectivity index (χ1v) is 6.64. The molecule has 1 fully saturated rings. The number of benzene rings is 2. The average molecular weight is 248 g/mol. The molecule has 1 N–H and O–H groups in total. The molecule has 2 nitrogen and oxygen atoms in total. The van der Waals surface area contributed by atoms with E-state index in [1.165, 1.54) is 5.56 Å². The number of nitrogens with zero attached hydrogens (tertiary/aromatic N) is 1. The molecule has 3 rings (SSSR count). The van der Waals surface area contributed by atoms with Gasteiger partial charge in [-0.1, -0.05) is 48.5 Å². The van der Waals surface area contributed by atoms with Crippen LogP contribution in [0.25, 0.3) is 0 Å². The molecule has 2 heteroatoms. The molecule has 3 atom stereocenters. The van der Waals surface area contributed by atoms with Crippen LogP contribution in [0.1, 0.15) is 17.9 Å². The van der Waals surface area contributed by atoms with Crippen LogP contribution in [0, 0.1) is 17.2 Å². The number of para-hydroxylation sites is 1. The van der Waals surface area contributed by atoms with E-state index in [9.17, 15) is 5.26 Å². The zero-order chi connectivity index (χ0) is 13.1. The van der Waals surface area contributed by atoms with Crippen LogP contribution in [0.2, 0.25) is 0 Å². The Kier molecular flexibility index (Phi) is 3.20. The van der Waals surface area contributed by atoms with Gasteiger partial charge < -0.3 is 5.32 Å². The van der Waals surface area contributed by atoms with E-state index in [0.717, 1.165) is 12.1 Å². The number of nitrogens with one attached hydrogen (secondary N) is 1. The number of hydrogen-bond acceptors (Lipinski definition) is 2. The monoisotopic (exact) mass is 248 g/mol. The second-order valence-electron chi connectivity index (χ2n) is 5.03. The Morgan fingerprint density at radius 2 is 1.63 bits per heavy atom. The standard InChI is InChI=1S/C17H16N2/c18-12-17(19-14-9-5-2-6-10-14)16-11-15(16)13-7-3-1-4-8-13/h1-10,15-17,19H,11H2/t15-,16+,17-/m1/s1. The minimum absolute atomic E-state index is 0.104. The molecule has 0 spiro atoms. The van der Waals surface area contributed by atoms with Crippen molar-refractivity contribution in [2.45, 2.75) is 18.4 Å². The lowest BCUT2D eigenvalue weighted by atomic mass is 10.1. The van der Waals surface area contributed by atoms with Gasteiger partial charge in [0, 0.05) is 5.69 Å². The van der Waals surface area contributed by atoms with Crippen molar-refractivity contribution in [2.75, 3.05) is 5.32 Å². The van der Waals surface area contributed by atoms with Gasteiger partial charge in [-0.05, 0) is 36.0 Å². The summed E-state index contributed by atoms with van der Waals surface area (Å²) in [6, 6.07) is 22.7. The van der Waals surface area contributed by atoms with E-state index < -0.39 is 0 Å². The third kappa shape index (κ3) is 2.61. The van der Waals surface area contributed by atoms with Crippen molar-refractivity contribution in [3.05, 3.63) is 66.2 Å². The van der Waals surface area contributed by atoms with Crippen molar-refractivity contribution < 1.29 is 0 Å². The molecule has 2 aromatic rings. The van der Waals surface area contributed by atoms with Crippen molar-refractivity contribution in [3.8, 4) is 6.07 Å². The predicted molar refractivity (Wildman–Crippen MR) is 76.8 cm³/mol. The number of anilines is 1. The minimum Gasteiger partial charge on any atom is -0.370 e. The summed E-state index contributed by atoms with van der Waals surface area (Å²) in [5.74, 6) is 0.953. The minimum atomic E-state index is -0.104. The van der Waals surface area contributed by atoms with Gasteiger partial charge in [0.15, 0.2) is 0 Å². The third-order valence-corrected chi connectivity index (χ3v) is 3.73. The van der Waals surface area contributed by atoms with Gasteiger partial charge in [0.05, 0.1) is 6.07 Å². The molecule has 19 heavy (non-hydrogen) atoms. The highest BCUT2D eigenvalue weighted by Crippen LogP contribution is 2.49. The molecular weight excluding hydrogens is 232 g/mol. The van der Waals surface area contributed by atoms with Gasteiger partial charge in [0.1, 0.15) is 6.04 Å². The summed E-state index contributed by atoms with van der Waals surface area (Å²) in [5.41, 5.74) is 2.37. The van der Waals surface area contributed by atoms with Gasteiger partial charge in [-0.15, -0.1) is 0 Å². The zero-order valence-electron chi connectivity index (χ0n) is 10.7. The molecule has 0 saturated heterocycles. The summed E-state index contributed by atoms with van der Waals surface area (Å²) in [4.78, 5) is 0. The van der Waals surface area contributed by atoms with Gasteiger partial charge in [-0.2, -0.15) is 5.26 Å². The number of hydrogen-bond donors (Lipinski definition) is 1. The fourth-order valence-corrected chi connectivity index (χ4v) is 2.62. The Morgan fingerprint density at radius 3 is 2.26 bits per heavy atom. The van der Waals surface area contributed by atoms with Gasteiger partial charge >= 0.3 is 0 Å². The van der Waals surface area contributed by atoms with Crippen LogP contribution in [-0.4, -0.2) is 6.04 Å². The van der Waals surface area contributed by atoms with Crippen molar-refractivity contribution in [1.82, 2.24) is 0 Å². The number of nitriles is 1. The molecule has 0 amide bonds. The van der Waals surface area contributed by atoms with Crippen LogP contribution < -0.4 is 5.32 Å². The summed E-state index contributed by atoms with van der Waals surface area (Å²) in [6.45, 7) is 0. The summed E-state index contributed by atoms with van der Waals surface area (Å²) >= 11 is 0. The topological polar surface area (TPSA) is 35.8 Å². The van der Waals surface area contributed by atoms with Crippen molar-refractivity contribution in [2.24, 2.45) is 5.92 Å². The molecular formula is C17H16N2. The SMILES string of the molecule is N#C[C@@H](Nc1ccccc1)[C@H]1C[C@@H]1c1ccccc1. The summed E-state index contributed by atoms with van der Waals surface area (Å²) in [7, 11) is 0. The van der Waals surface area contributed by atoms with Crippen LogP contribution in [0.3, 0.4) is 0 Å². The molecule has 1 saturated carbocycles. The van der Waals surface area contributed by atoms with Crippen molar-refractivity contribution in [3.63, 3.8) is 0 Å². The van der Waals surface area contributed by atoms with Crippen LogP contribution in [0.15, 0.2) is 60.7 Å². The van der Waals surface area contributed by atoms with Crippen LogP contribution in [0.5, 0.6) is 0 Å². The molecule has 1 aliphatic carbocycles. The largest absolute Gasteiger partial charge is 0.370 e. The lowest BCUT2D eigenvalue weighted by Crippen LogP contribution is -2.20. The Labute approximate surface area is 113 Å². The van der Waals surface area contributed by atoms with E-state index in [2.05, 4.69) is 35.7 Å². The van der Waals surface area contributed by atoms with Crippen LogP contribution in [-0.2, 0) is 0 Å². The summed E-state index contributed by atoms with van der Waals surface area (Å²) in [6.07, 6.45) is 1.10.